The van der Waals surface area contributed by atoms with E-state index >= 15 is 0 Å². The van der Waals surface area contributed by atoms with Crippen LogP contribution in [0, 0.1) is 11.8 Å². The fourth-order valence-electron chi connectivity index (χ4n) is 4.63. The van der Waals surface area contributed by atoms with E-state index in [1.807, 2.05) is 0 Å². The van der Waals surface area contributed by atoms with Crippen molar-refractivity contribution in [3.63, 3.8) is 0 Å². The van der Waals surface area contributed by atoms with Crippen LogP contribution in [0.5, 0.6) is 0 Å². The van der Waals surface area contributed by atoms with Crippen LogP contribution in [0.1, 0.15) is 33.4 Å². The normalized spacial score (nSPS) is 9.90. The van der Waals surface area contributed by atoms with E-state index in [0.717, 1.165) is 0 Å². The third-order valence-corrected chi connectivity index (χ3v) is 6.37. The first-order valence-corrected chi connectivity index (χ1v) is 17.2. The van der Waals surface area contributed by atoms with Gasteiger partial charge in [0.2, 0.25) is 0 Å². The second kappa shape index (κ2) is 17.2. The minimum absolute atomic E-state index is 0.106. The van der Waals surface area contributed by atoms with E-state index in [1.54, 1.807) is 0 Å². The molecule has 6 aromatic rings. The third-order valence-electron chi connectivity index (χ3n) is 6.37. The molecule has 0 aliphatic rings. The van der Waals surface area contributed by atoms with Gasteiger partial charge in [0, 0.05) is 0 Å². The molecule has 0 nitrogen and oxygen atoms in total. The summed E-state index contributed by atoms with van der Waals surface area (Å²) in [6.07, 6.45) is 0. The van der Waals surface area contributed by atoms with E-state index in [2.05, 4.69) is 182 Å². The first-order chi connectivity index (χ1) is 20.3. The van der Waals surface area contributed by atoms with Crippen molar-refractivity contribution < 1.29 is 15.9 Å². The Hall–Kier alpha value is -3.70. The van der Waals surface area contributed by atoms with Crippen LogP contribution in [0.25, 0.3) is 0 Å². The largest absolute Gasteiger partial charge is 0.0999 e. The van der Waals surface area contributed by atoms with Crippen molar-refractivity contribution in [2.45, 2.75) is 0 Å². The van der Waals surface area contributed by atoms with Crippen LogP contribution in [-0.4, -0.2) is 0 Å². The number of hydrogen-bond donors (Lipinski definition) is 0. The van der Waals surface area contributed by atoms with Gasteiger partial charge in [0.25, 0.3) is 0 Å². The zero-order chi connectivity index (χ0) is 28.5. The molecule has 0 saturated heterocycles. The van der Waals surface area contributed by atoms with E-state index in [4.69, 9.17) is 19.1 Å². The maximum atomic E-state index is 4.81. The summed E-state index contributed by atoms with van der Waals surface area (Å²) >= 11 is -0.106. The molecule has 0 fully saturated rings. The average Bonchev–Trinajstić information content (AvgIpc) is 3.05. The molecule has 0 atom stereocenters. The van der Waals surface area contributed by atoms with Gasteiger partial charge in [-0.1, -0.05) is 227 Å². The van der Waals surface area contributed by atoms with Crippen LogP contribution in [-0.2, 0) is 15.9 Å². The summed E-state index contributed by atoms with van der Waals surface area (Å²) < 4.78 is 0. The Morgan fingerprint density at radius 1 is 0.268 bits per heavy atom. The minimum atomic E-state index is -0.106. The smallest absolute Gasteiger partial charge is 0.0710 e. The van der Waals surface area contributed by atoms with Gasteiger partial charge < -0.3 is 0 Å². The molecule has 6 rings (SSSR count). The van der Waals surface area contributed by atoms with Crippen molar-refractivity contribution in [3.05, 3.63) is 227 Å². The number of benzene rings is 6. The quantitative estimate of drug-likeness (QED) is 0.0945. The second-order valence-electron chi connectivity index (χ2n) is 8.99. The summed E-state index contributed by atoms with van der Waals surface area (Å²) in [4.78, 5) is 0. The molecule has 0 amide bonds. The molecule has 0 aromatic heterocycles. The van der Waals surface area contributed by atoms with Crippen molar-refractivity contribution in [1.29, 1.82) is 0 Å². The summed E-state index contributed by atoms with van der Waals surface area (Å²) in [6.45, 7) is 0. The van der Waals surface area contributed by atoms with E-state index < -0.39 is 0 Å². The van der Waals surface area contributed by atoms with Gasteiger partial charge in [-0.25, -0.2) is 0 Å². The minimum Gasteiger partial charge on any atom is -0.0999 e. The van der Waals surface area contributed by atoms with Crippen molar-refractivity contribution >= 4 is 19.1 Å². The zero-order valence-electron chi connectivity index (χ0n) is 22.4. The summed E-state index contributed by atoms with van der Waals surface area (Å²) in [5, 5.41) is 0. The topological polar surface area (TPSA) is 0 Å². The van der Waals surface area contributed by atoms with Crippen molar-refractivity contribution in [1.82, 2.24) is 0 Å². The summed E-state index contributed by atoms with van der Waals surface area (Å²) in [5.74, 6) is 2.56. The first kappa shape index (κ1) is 30.3. The number of hydrogen-bond acceptors (Lipinski definition) is 0. The van der Waals surface area contributed by atoms with E-state index in [9.17, 15) is 0 Å². The van der Waals surface area contributed by atoms with Crippen LogP contribution >= 0.6 is 19.1 Å². The van der Waals surface area contributed by atoms with Gasteiger partial charge >= 0.3 is 35.0 Å². The van der Waals surface area contributed by atoms with Crippen LogP contribution in [0.4, 0.5) is 0 Å². The van der Waals surface area contributed by atoms with Gasteiger partial charge in [-0.05, 0) is 0 Å². The number of rotatable bonds is 6. The predicted octanol–water partition coefficient (Wildman–Crippen LogP) is 10.8. The zero-order valence-corrected chi connectivity index (χ0v) is 25.5. The van der Waals surface area contributed by atoms with Crippen molar-refractivity contribution in [3.8, 4) is 0 Å². The molecule has 0 spiro atoms. The molecule has 6 aromatic carbocycles. The standard InChI is InChI=1S/2C19H15.2ClH.Pd/c2*1-4-10-16(11-5-1)19(17-12-6-2-7-13-17)18-14-8-3-9-15-18;;;/h2*1-15H;2*1H;/q2*-1;;;+2/p-2. The molecule has 208 valence electrons. The molecule has 0 radical (unpaired) electrons. The van der Waals surface area contributed by atoms with Crippen LogP contribution in [0.3, 0.4) is 0 Å². The molecule has 0 N–H and O–H groups in total. The van der Waals surface area contributed by atoms with Gasteiger partial charge in [0.15, 0.2) is 0 Å². The molecule has 3 heteroatoms. The Bertz CT molecular complexity index is 1190. The maximum absolute atomic E-state index is 4.81. The summed E-state index contributed by atoms with van der Waals surface area (Å²) in [5.41, 5.74) is 7.50. The SMILES string of the molecule is [Cl][Pd][Cl].c1ccc([C-](c2ccccc2)c2ccccc2)cc1.c1ccc([C-](c2ccccc2)c2ccccc2)cc1. The maximum Gasteiger partial charge on any atom is -0.0710 e. The summed E-state index contributed by atoms with van der Waals surface area (Å²) in [7, 11) is 9.63. The van der Waals surface area contributed by atoms with Crippen molar-refractivity contribution in [2.75, 3.05) is 0 Å². The first-order valence-electron chi connectivity index (χ1n) is 13.2. The Kier molecular flexibility index (Phi) is 12.7. The van der Waals surface area contributed by atoms with Gasteiger partial charge in [0.1, 0.15) is 0 Å². The Balaban J connectivity index is 0.000000173. The van der Waals surface area contributed by atoms with E-state index in [0.29, 0.717) is 0 Å². The van der Waals surface area contributed by atoms with E-state index in [1.165, 1.54) is 45.2 Å². The Labute approximate surface area is 260 Å². The molecular formula is C38H30Cl2Pd-2. The average molecular weight is 664 g/mol. The van der Waals surface area contributed by atoms with Crippen LogP contribution in [0.2, 0.25) is 0 Å². The predicted molar refractivity (Wildman–Crippen MR) is 171 cm³/mol. The van der Waals surface area contributed by atoms with Gasteiger partial charge in [-0.2, -0.15) is 0 Å². The van der Waals surface area contributed by atoms with E-state index in [-0.39, 0.29) is 15.9 Å². The van der Waals surface area contributed by atoms with Crippen molar-refractivity contribution in [2.24, 2.45) is 0 Å². The fraction of sp³-hybridized carbons (Fsp3) is 0. The fourth-order valence-corrected chi connectivity index (χ4v) is 4.63. The molecule has 0 aliphatic heterocycles. The molecule has 0 saturated carbocycles. The molecule has 0 bridgehead atoms. The third kappa shape index (κ3) is 9.16. The molecule has 0 unspecified atom stereocenters. The second-order valence-corrected chi connectivity index (χ2v) is 11.4. The molecular weight excluding hydrogens is 634 g/mol. The van der Waals surface area contributed by atoms with Gasteiger partial charge in [-0.15, -0.1) is 0 Å². The van der Waals surface area contributed by atoms with Crippen LogP contribution in [0.15, 0.2) is 182 Å². The Morgan fingerprint density at radius 3 is 0.512 bits per heavy atom. The molecule has 0 aliphatic carbocycles. The molecule has 0 heterocycles. The van der Waals surface area contributed by atoms with Crippen LogP contribution < -0.4 is 0 Å². The van der Waals surface area contributed by atoms with Gasteiger partial charge in [0.05, 0.1) is 0 Å². The monoisotopic (exact) mass is 662 g/mol. The summed E-state index contributed by atoms with van der Waals surface area (Å²) in [6, 6.07) is 63.3. The van der Waals surface area contributed by atoms with Gasteiger partial charge in [-0.3, -0.25) is 0 Å². The number of halogens is 2. The Morgan fingerprint density at radius 2 is 0.390 bits per heavy atom. The molecule has 41 heavy (non-hydrogen) atoms.